The first-order valence-electron chi connectivity index (χ1n) is 11.0. The number of hydrogen-bond acceptors (Lipinski definition) is 4. The number of pyridine rings is 1. The summed E-state index contributed by atoms with van der Waals surface area (Å²) in [7, 11) is 0. The van der Waals surface area contributed by atoms with Gasteiger partial charge >= 0.3 is 0 Å². The molecule has 6 nitrogen and oxygen atoms in total. The molecule has 1 rings (SSSR count). The molecule has 1 atom stereocenters. The van der Waals surface area contributed by atoms with Gasteiger partial charge in [0.1, 0.15) is 0 Å². The minimum atomic E-state index is -0.345. The van der Waals surface area contributed by atoms with E-state index in [1.165, 1.54) is 25.2 Å². The van der Waals surface area contributed by atoms with Crippen LogP contribution in [0.5, 0.6) is 0 Å². The average Bonchev–Trinajstić information content (AvgIpc) is 2.74. The number of allylic oxidation sites excluding steroid dienone is 1. The van der Waals surface area contributed by atoms with Crippen LogP contribution in [0.25, 0.3) is 0 Å². The Kier molecular flexibility index (Phi) is 14.3. The van der Waals surface area contributed by atoms with Crippen molar-refractivity contribution in [1.29, 1.82) is 0 Å². The molecule has 0 radical (unpaired) electrons. The Morgan fingerprint density at radius 1 is 1.00 bits per heavy atom. The topological polar surface area (TPSA) is 91.3 Å². The number of aliphatic hydroxyl groups excluding tert-OH is 1. The van der Waals surface area contributed by atoms with Gasteiger partial charge in [-0.2, -0.15) is 0 Å². The first kappa shape index (κ1) is 24.8. The fourth-order valence-corrected chi connectivity index (χ4v) is 2.96. The molecule has 0 aliphatic heterocycles. The van der Waals surface area contributed by atoms with Crippen LogP contribution in [0, 0.1) is 0 Å². The molecule has 1 aromatic heterocycles. The summed E-state index contributed by atoms with van der Waals surface area (Å²) in [5, 5.41) is 9.84. The van der Waals surface area contributed by atoms with Crippen LogP contribution in [0.15, 0.2) is 36.7 Å². The molecule has 0 saturated carbocycles. The van der Waals surface area contributed by atoms with Crippen molar-refractivity contribution in [2.75, 3.05) is 0 Å². The van der Waals surface area contributed by atoms with Crippen molar-refractivity contribution >= 4 is 11.8 Å². The van der Waals surface area contributed by atoms with E-state index < -0.39 is 0 Å². The number of carbonyl (C=O) groups excluding carboxylic acids is 2. The van der Waals surface area contributed by atoms with Crippen LogP contribution in [0.3, 0.4) is 0 Å². The van der Waals surface area contributed by atoms with Gasteiger partial charge in [0.2, 0.25) is 5.91 Å². The van der Waals surface area contributed by atoms with Gasteiger partial charge in [-0.1, -0.05) is 57.6 Å². The molecule has 0 aromatic carbocycles. The standard InChI is InChI=1S/C23H37N3O3/c1-2-3-10-13-21(27)14-11-8-6-4-5-7-9-12-15-22(28)25-26-23(29)20-16-18-24-19-17-20/h8,11,16-19,21,27H,2-7,9-10,12-15H2,1H3,(H,25,28)(H,26,29)/b11-8-/t21-/m1/s1. The van der Waals surface area contributed by atoms with Crippen molar-refractivity contribution in [1.82, 2.24) is 15.8 Å². The third-order valence-electron chi connectivity index (χ3n) is 4.75. The third-order valence-corrected chi connectivity index (χ3v) is 4.75. The predicted molar refractivity (Wildman–Crippen MR) is 116 cm³/mol. The van der Waals surface area contributed by atoms with Crippen LogP contribution in [0.2, 0.25) is 0 Å². The highest BCUT2D eigenvalue weighted by Gasteiger charge is 2.06. The molecule has 0 unspecified atom stereocenters. The Balaban J connectivity index is 1.93. The molecule has 0 bridgehead atoms. The monoisotopic (exact) mass is 403 g/mol. The lowest BCUT2D eigenvalue weighted by Crippen LogP contribution is -2.41. The van der Waals surface area contributed by atoms with Crippen LogP contribution in [0.4, 0.5) is 0 Å². The number of nitrogens with one attached hydrogen (secondary N) is 2. The van der Waals surface area contributed by atoms with Crippen LogP contribution in [-0.2, 0) is 4.79 Å². The zero-order valence-electron chi connectivity index (χ0n) is 17.7. The smallest absolute Gasteiger partial charge is 0.269 e. The number of aromatic nitrogens is 1. The third kappa shape index (κ3) is 13.6. The highest BCUT2D eigenvalue weighted by molar-refractivity contribution is 5.95. The van der Waals surface area contributed by atoms with E-state index in [2.05, 4.69) is 34.9 Å². The van der Waals surface area contributed by atoms with E-state index in [-0.39, 0.29) is 17.9 Å². The van der Waals surface area contributed by atoms with Gasteiger partial charge in [-0.25, -0.2) is 0 Å². The second-order valence-corrected chi connectivity index (χ2v) is 7.40. The van der Waals surface area contributed by atoms with E-state index in [1.54, 1.807) is 12.1 Å². The van der Waals surface area contributed by atoms with Gasteiger partial charge in [0.25, 0.3) is 5.91 Å². The predicted octanol–water partition coefficient (Wildman–Crippen LogP) is 4.46. The number of rotatable bonds is 15. The maximum atomic E-state index is 11.8. The van der Waals surface area contributed by atoms with Crippen LogP contribution in [0.1, 0.15) is 94.3 Å². The highest BCUT2D eigenvalue weighted by atomic mass is 16.3. The summed E-state index contributed by atoms with van der Waals surface area (Å²) in [6.07, 6.45) is 19.0. The second-order valence-electron chi connectivity index (χ2n) is 7.40. The minimum absolute atomic E-state index is 0.173. The maximum Gasteiger partial charge on any atom is 0.269 e. The lowest BCUT2D eigenvalue weighted by molar-refractivity contribution is -0.122. The lowest BCUT2D eigenvalue weighted by Gasteiger charge is -2.07. The summed E-state index contributed by atoms with van der Waals surface area (Å²) in [4.78, 5) is 27.4. The van der Waals surface area contributed by atoms with Crippen molar-refractivity contribution in [3.05, 3.63) is 42.2 Å². The number of hydrazine groups is 1. The van der Waals surface area contributed by atoms with Gasteiger partial charge in [-0.3, -0.25) is 25.4 Å². The van der Waals surface area contributed by atoms with Crippen LogP contribution >= 0.6 is 0 Å². The molecule has 0 aliphatic carbocycles. The Morgan fingerprint density at radius 3 is 2.48 bits per heavy atom. The van der Waals surface area contributed by atoms with Crippen molar-refractivity contribution < 1.29 is 14.7 Å². The molecule has 0 saturated heterocycles. The number of unbranched alkanes of at least 4 members (excludes halogenated alkanes) is 7. The average molecular weight is 404 g/mol. The van der Waals surface area contributed by atoms with Gasteiger partial charge < -0.3 is 5.11 Å². The van der Waals surface area contributed by atoms with E-state index in [0.717, 1.165) is 57.8 Å². The number of carbonyl (C=O) groups is 2. The number of aliphatic hydroxyl groups is 1. The molecule has 1 heterocycles. The quantitative estimate of drug-likeness (QED) is 0.229. The van der Waals surface area contributed by atoms with Gasteiger partial charge in [0.05, 0.1) is 6.10 Å². The molecule has 29 heavy (non-hydrogen) atoms. The first-order valence-corrected chi connectivity index (χ1v) is 11.0. The van der Waals surface area contributed by atoms with Crippen molar-refractivity contribution in [3.63, 3.8) is 0 Å². The van der Waals surface area contributed by atoms with E-state index in [4.69, 9.17) is 0 Å². The van der Waals surface area contributed by atoms with Crippen molar-refractivity contribution in [2.24, 2.45) is 0 Å². The largest absolute Gasteiger partial charge is 0.393 e. The lowest BCUT2D eigenvalue weighted by atomic mass is 10.1. The van der Waals surface area contributed by atoms with E-state index in [9.17, 15) is 14.7 Å². The van der Waals surface area contributed by atoms with Crippen molar-refractivity contribution in [3.8, 4) is 0 Å². The molecular weight excluding hydrogens is 366 g/mol. The zero-order chi connectivity index (χ0) is 21.2. The van der Waals surface area contributed by atoms with Crippen LogP contribution in [-0.4, -0.2) is 28.0 Å². The van der Waals surface area contributed by atoms with E-state index >= 15 is 0 Å². The SMILES string of the molecule is CCCCC[C@@H](O)C/C=C\CCCCCCCC(=O)NNC(=O)c1ccncc1. The Bertz CT molecular complexity index is 590. The van der Waals surface area contributed by atoms with E-state index in [0.29, 0.717) is 12.0 Å². The molecule has 1 aromatic rings. The molecular formula is C23H37N3O3. The molecule has 3 N–H and O–H groups in total. The Hall–Kier alpha value is -2.21. The van der Waals surface area contributed by atoms with Gasteiger partial charge in [0.15, 0.2) is 0 Å². The van der Waals surface area contributed by atoms with Gasteiger partial charge in [-0.15, -0.1) is 0 Å². The summed E-state index contributed by atoms with van der Waals surface area (Å²) >= 11 is 0. The fourth-order valence-electron chi connectivity index (χ4n) is 2.96. The summed E-state index contributed by atoms with van der Waals surface area (Å²) in [5.41, 5.74) is 5.31. The maximum absolute atomic E-state index is 11.8. The summed E-state index contributed by atoms with van der Waals surface area (Å²) in [6, 6.07) is 3.18. The molecule has 0 spiro atoms. The minimum Gasteiger partial charge on any atom is -0.393 e. The zero-order valence-corrected chi connectivity index (χ0v) is 17.7. The van der Waals surface area contributed by atoms with Gasteiger partial charge in [0, 0.05) is 24.4 Å². The Labute approximate surface area is 175 Å². The summed E-state index contributed by atoms with van der Waals surface area (Å²) in [5.74, 6) is -0.518. The summed E-state index contributed by atoms with van der Waals surface area (Å²) in [6.45, 7) is 2.17. The number of nitrogens with zero attached hydrogens (tertiary/aromatic N) is 1. The molecule has 162 valence electrons. The molecule has 2 amide bonds. The first-order chi connectivity index (χ1) is 14.1. The number of hydrogen-bond donors (Lipinski definition) is 3. The Morgan fingerprint density at radius 2 is 1.72 bits per heavy atom. The van der Waals surface area contributed by atoms with Crippen LogP contribution < -0.4 is 10.9 Å². The second kappa shape index (κ2) is 16.7. The van der Waals surface area contributed by atoms with E-state index in [1.807, 2.05) is 0 Å². The number of amides is 2. The summed E-state index contributed by atoms with van der Waals surface area (Å²) < 4.78 is 0. The van der Waals surface area contributed by atoms with Gasteiger partial charge in [-0.05, 0) is 44.2 Å². The normalized spacial score (nSPS) is 12.1. The fraction of sp³-hybridized carbons (Fsp3) is 0.609. The van der Waals surface area contributed by atoms with Crippen molar-refractivity contribution in [2.45, 2.75) is 90.1 Å². The molecule has 6 heteroatoms. The molecule has 0 aliphatic rings. The molecule has 0 fully saturated rings. The highest BCUT2D eigenvalue weighted by Crippen LogP contribution is 2.10.